The number of carbonyl (C=O) groups is 2. The van der Waals surface area contributed by atoms with Gasteiger partial charge in [0.1, 0.15) is 19.8 Å². The molecule has 0 aromatic rings. The average molecular weight is 747 g/mol. The first kappa shape index (κ1) is 48.9. The number of phosphoric acid groups is 1. The molecule has 2 atom stereocenters. The molecule has 0 aliphatic heterocycles. The third kappa shape index (κ3) is 36.7. The zero-order chi connectivity index (χ0) is 38.6. The van der Waals surface area contributed by atoms with Crippen LogP contribution >= 0.6 is 7.82 Å². The van der Waals surface area contributed by atoms with E-state index in [2.05, 4.69) is 44.2 Å². The van der Waals surface area contributed by atoms with Crippen molar-refractivity contribution in [2.24, 2.45) is 0 Å². The van der Waals surface area contributed by atoms with Crippen molar-refractivity contribution in [3.8, 4) is 0 Å². The normalized spacial score (nSPS) is 14.8. The molecule has 9 nitrogen and oxygen atoms in total. The Kier molecular flexibility index (Phi) is 31.8. The summed E-state index contributed by atoms with van der Waals surface area (Å²) in [7, 11) is 1.41. The molecule has 52 heavy (non-hydrogen) atoms. The number of ether oxygens (including phenoxy) is 2. The van der Waals surface area contributed by atoms with Crippen molar-refractivity contribution in [3.63, 3.8) is 0 Å². The number of allylic oxidation sites excluding steroid dienone is 16. The van der Waals surface area contributed by atoms with Crippen LogP contribution in [0.5, 0.6) is 0 Å². The SMILES string of the molecule is CC/C=C/C=C/C=C/C=C/C=C/CCCCCC(=O)OCC(COP(=O)(O)OCC[N+](C)(C)C)OC(=O)CCCCCCC/C=C/C=C/C=C/CC. The van der Waals surface area contributed by atoms with Crippen LogP contribution < -0.4 is 0 Å². The summed E-state index contributed by atoms with van der Waals surface area (Å²) in [5.74, 6) is -0.887. The number of phosphoric ester groups is 1. The van der Waals surface area contributed by atoms with Crippen LogP contribution in [0.15, 0.2) is 97.2 Å². The third-order valence-corrected chi connectivity index (χ3v) is 8.28. The summed E-state index contributed by atoms with van der Waals surface area (Å²) in [6, 6.07) is 0. The van der Waals surface area contributed by atoms with Gasteiger partial charge in [-0.15, -0.1) is 0 Å². The van der Waals surface area contributed by atoms with E-state index in [1.165, 1.54) is 0 Å². The van der Waals surface area contributed by atoms with Crippen LogP contribution in [0.25, 0.3) is 0 Å². The van der Waals surface area contributed by atoms with Crippen LogP contribution in [-0.4, -0.2) is 74.9 Å². The van der Waals surface area contributed by atoms with Gasteiger partial charge < -0.3 is 18.9 Å². The fraction of sp³-hybridized carbons (Fsp3) is 0.571. The van der Waals surface area contributed by atoms with E-state index in [0.717, 1.165) is 64.2 Å². The lowest BCUT2D eigenvalue weighted by molar-refractivity contribution is -0.870. The second-order valence-corrected chi connectivity index (χ2v) is 14.8. The van der Waals surface area contributed by atoms with Gasteiger partial charge in [0.2, 0.25) is 0 Å². The lowest BCUT2D eigenvalue weighted by atomic mass is 10.1. The van der Waals surface area contributed by atoms with Gasteiger partial charge >= 0.3 is 19.8 Å². The number of likely N-dealkylation sites (N-methyl/N-ethyl adjacent to an activating group) is 1. The Balaban J connectivity index is 4.59. The number of esters is 2. The number of unbranched alkanes of at least 4 members (excludes halogenated alkanes) is 8. The molecule has 0 heterocycles. The molecule has 2 unspecified atom stereocenters. The zero-order valence-corrected chi connectivity index (χ0v) is 33.6. The second-order valence-electron chi connectivity index (χ2n) is 13.4. The molecular weight excluding hydrogens is 677 g/mol. The fourth-order valence-corrected chi connectivity index (χ4v) is 5.07. The maximum absolute atomic E-state index is 12.6. The Bertz CT molecular complexity index is 1210. The van der Waals surface area contributed by atoms with Crippen LogP contribution in [0.3, 0.4) is 0 Å². The van der Waals surface area contributed by atoms with Gasteiger partial charge in [0, 0.05) is 12.8 Å². The molecular formula is C42H69NO8P+. The highest BCUT2D eigenvalue weighted by Crippen LogP contribution is 2.43. The summed E-state index contributed by atoms with van der Waals surface area (Å²) in [5.41, 5.74) is 0. The minimum atomic E-state index is -4.39. The lowest BCUT2D eigenvalue weighted by Crippen LogP contribution is -2.37. The first-order valence-electron chi connectivity index (χ1n) is 19.1. The van der Waals surface area contributed by atoms with Crippen molar-refractivity contribution in [1.82, 2.24) is 0 Å². The predicted molar refractivity (Wildman–Crippen MR) is 215 cm³/mol. The second kappa shape index (κ2) is 33.7. The van der Waals surface area contributed by atoms with Gasteiger partial charge in [-0.05, 0) is 51.4 Å². The van der Waals surface area contributed by atoms with E-state index in [-0.39, 0.29) is 26.1 Å². The number of rotatable bonds is 32. The molecule has 0 bridgehead atoms. The number of nitrogens with zero attached hydrogens (tertiary/aromatic N) is 1. The summed E-state index contributed by atoms with van der Waals surface area (Å²) < 4.78 is 34.1. The van der Waals surface area contributed by atoms with E-state index in [0.29, 0.717) is 23.9 Å². The topological polar surface area (TPSA) is 108 Å². The number of hydrogen-bond donors (Lipinski definition) is 1. The van der Waals surface area contributed by atoms with Gasteiger partial charge in [-0.1, -0.05) is 137 Å². The number of carbonyl (C=O) groups excluding carboxylic acids is 2. The molecule has 0 saturated heterocycles. The minimum absolute atomic E-state index is 0.0137. The van der Waals surface area contributed by atoms with Crippen LogP contribution in [0.2, 0.25) is 0 Å². The maximum Gasteiger partial charge on any atom is 0.472 e. The largest absolute Gasteiger partial charge is 0.472 e. The standard InChI is InChI=1S/C42H68NO8P/c1-6-8-10-12-14-16-18-20-21-23-24-26-28-30-32-34-41(44)48-38-40(39-50-52(46,47)49-37-36-43(3,4)5)51-42(45)35-33-31-29-27-25-22-19-17-15-13-11-9-7-2/h8-21,23-24,40H,6-7,22,25-39H2,1-5H3/p+1/b10-8+,11-9+,14-12+,15-13+,18-16+,19-17+,21-20+,24-23+. The Morgan fingerprint density at radius 3 is 1.56 bits per heavy atom. The molecule has 0 aromatic carbocycles. The molecule has 0 fully saturated rings. The predicted octanol–water partition coefficient (Wildman–Crippen LogP) is 10.2. The van der Waals surface area contributed by atoms with E-state index >= 15 is 0 Å². The van der Waals surface area contributed by atoms with Crippen LogP contribution in [0, 0.1) is 0 Å². The van der Waals surface area contributed by atoms with Gasteiger partial charge in [0.05, 0.1) is 27.7 Å². The molecule has 0 spiro atoms. The Hall–Kier alpha value is -3.07. The minimum Gasteiger partial charge on any atom is -0.462 e. The Morgan fingerprint density at radius 1 is 0.596 bits per heavy atom. The summed E-state index contributed by atoms with van der Waals surface area (Å²) >= 11 is 0. The Morgan fingerprint density at radius 2 is 1.04 bits per heavy atom. The van der Waals surface area contributed by atoms with Gasteiger partial charge in [0.25, 0.3) is 0 Å². The van der Waals surface area contributed by atoms with E-state index in [1.807, 2.05) is 88.0 Å². The number of quaternary nitrogens is 1. The molecule has 0 aromatic heterocycles. The van der Waals surface area contributed by atoms with E-state index < -0.39 is 32.5 Å². The first-order valence-corrected chi connectivity index (χ1v) is 20.6. The Labute approximate surface area is 315 Å². The highest BCUT2D eigenvalue weighted by Gasteiger charge is 2.27. The maximum atomic E-state index is 12.6. The van der Waals surface area contributed by atoms with Crippen LogP contribution in [0.4, 0.5) is 0 Å². The lowest BCUT2D eigenvalue weighted by Gasteiger charge is -2.24. The summed E-state index contributed by atoms with van der Waals surface area (Å²) in [5, 5.41) is 0. The molecule has 0 saturated carbocycles. The summed E-state index contributed by atoms with van der Waals surface area (Å²) in [6.07, 6.45) is 43.2. The van der Waals surface area contributed by atoms with Crippen LogP contribution in [0.1, 0.15) is 104 Å². The molecule has 0 aliphatic carbocycles. The molecule has 1 N–H and O–H groups in total. The van der Waals surface area contributed by atoms with Crippen LogP contribution in [-0.2, 0) is 32.7 Å². The smallest absolute Gasteiger partial charge is 0.462 e. The van der Waals surface area contributed by atoms with Crippen molar-refractivity contribution >= 4 is 19.8 Å². The highest BCUT2D eigenvalue weighted by atomic mass is 31.2. The summed E-state index contributed by atoms with van der Waals surface area (Å²) in [6.45, 7) is 4.02. The molecule has 294 valence electrons. The molecule has 0 amide bonds. The van der Waals surface area contributed by atoms with Crippen molar-refractivity contribution in [2.75, 3.05) is 47.5 Å². The van der Waals surface area contributed by atoms with Gasteiger partial charge in [-0.3, -0.25) is 18.6 Å². The summed E-state index contributed by atoms with van der Waals surface area (Å²) in [4.78, 5) is 35.2. The van der Waals surface area contributed by atoms with Gasteiger partial charge in [-0.25, -0.2) is 4.57 Å². The molecule has 0 rings (SSSR count). The first-order chi connectivity index (χ1) is 25.0. The molecule has 0 aliphatic rings. The fourth-order valence-electron chi connectivity index (χ4n) is 4.33. The van der Waals surface area contributed by atoms with E-state index in [1.54, 1.807) is 0 Å². The van der Waals surface area contributed by atoms with Crippen molar-refractivity contribution in [2.45, 2.75) is 110 Å². The van der Waals surface area contributed by atoms with E-state index in [4.69, 9.17) is 18.5 Å². The quantitative estimate of drug-likeness (QED) is 0.0238. The zero-order valence-electron chi connectivity index (χ0n) is 32.7. The van der Waals surface area contributed by atoms with Gasteiger partial charge in [0.15, 0.2) is 6.10 Å². The van der Waals surface area contributed by atoms with Crippen molar-refractivity contribution in [1.29, 1.82) is 0 Å². The monoisotopic (exact) mass is 746 g/mol. The molecule has 10 heteroatoms. The average Bonchev–Trinajstić information content (AvgIpc) is 3.09. The molecule has 0 radical (unpaired) electrons. The van der Waals surface area contributed by atoms with Crippen molar-refractivity contribution in [3.05, 3.63) is 97.2 Å². The van der Waals surface area contributed by atoms with Gasteiger partial charge in [-0.2, -0.15) is 0 Å². The highest BCUT2D eigenvalue weighted by molar-refractivity contribution is 7.47. The number of hydrogen-bond acceptors (Lipinski definition) is 7. The third-order valence-electron chi connectivity index (χ3n) is 7.30. The van der Waals surface area contributed by atoms with E-state index in [9.17, 15) is 19.0 Å². The van der Waals surface area contributed by atoms with Crippen molar-refractivity contribution < 1.29 is 42.1 Å².